The maximum Gasteiger partial charge on any atom is 0.343 e. The summed E-state index contributed by atoms with van der Waals surface area (Å²) in [5.74, 6) is -0.175. The van der Waals surface area contributed by atoms with E-state index in [1.54, 1.807) is 6.07 Å². The highest BCUT2D eigenvalue weighted by Gasteiger charge is 2.25. The Morgan fingerprint density at radius 3 is 2.45 bits per heavy atom. The lowest BCUT2D eigenvalue weighted by Crippen LogP contribution is -2.12. The van der Waals surface area contributed by atoms with Crippen molar-refractivity contribution in [3.63, 3.8) is 0 Å². The molecule has 0 fully saturated rings. The van der Waals surface area contributed by atoms with Crippen LogP contribution in [0.5, 0.6) is 11.5 Å². The van der Waals surface area contributed by atoms with Gasteiger partial charge in [0.2, 0.25) is 0 Å². The Kier molecular flexibility index (Phi) is 5.29. The molecule has 9 nitrogen and oxygen atoms in total. The summed E-state index contributed by atoms with van der Waals surface area (Å²) in [7, 11) is -3.23. The van der Waals surface area contributed by atoms with Crippen LogP contribution < -0.4 is 14.5 Å². The van der Waals surface area contributed by atoms with Gasteiger partial charge in [0.05, 0.1) is 12.0 Å². The Morgan fingerprint density at radius 2 is 1.83 bits per heavy atom. The average Bonchev–Trinajstić information content (AvgIpc) is 2.66. The SMILES string of the molecule is COc1ccc([N+](=O)[O-])cc1S(=O)(=O)Oc1ccc2c(C(C)C)cc(=O)oc2c1. The molecule has 152 valence electrons. The number of nitrogens with zero attached hydrogens (tertiary/aromatic N) is 1. The molecule has 0 radical (unpaired) electrons. The van der Waals surface area contributed by atoms with Gasteiger partial charge in [-0.25, -0.2) is 4.79 Å². The van der Waals surface area contributed by atoms with E-state index in [-0.39, 0.29) is 23.0 Å². The lowest BCUT2D eigenvalue weighted by Gasteiger charge is -2.12. The van der Waals surface area contributed by atoms with Crippen molar-refractivity contribution in [1.82, 2.24) is 0 Å². The van der Waals surface area contributed by atoms with Crippen LogP contribution in [0.2, 0.25) is 0 Å². The average molecular weight is 419 g/mol. The first kappa shape index (κ1) is 20.3. The zero-order chi connectivity index (χ0) is 21.3. The van der Waals surface area contributed by atoms with E-state index in [1.165, 1.54) is 31.4 Å². The van der Waals surface area contributed by atoms with Gasteiger partial charge in [0, 0.05) is 29.7 Å². The quantitative estimate of drug-likeness (QED) is 0.257. The third-order valence-electron chi connectivity index (χ3n) is 4.20. The molecule has 0 amide bonds. The number of nitro benzene ring substituents is 1. The monoisotopic (exact) mass is 419 g/mol. The number of rotatable bonds is 6. The van der Waals surface area contributed by atoms with E-state index in [0.717, 1.165) is 17.7 Å². The van der Waals surface area contributed by atoms with Crippen LogP contribution in [0.25, 0.3) is 11.0 Å². The number of ether oxygens (including phenoxy) is 1. The van der Waals surface area contributed by atoms with Crippen molar-refractivity contribution in [3.8, 4) is 11.5 Å². The molecule has 0 spiro atoms. The summed E-state index contributed by atoms with van der Waals surface area (Å²) in [6.45, 7) is 3.83. The van der Waals surface area contributed by atoms with Crippen molar-refractivity contribution in [2.45, 2.75) is 24.7 Å². The van der Waals surface area contributed by atoms with Gasteiger partial charge in [0.15, 0.2) is 4.90 Å². The maximum absolute atomic E-state index is 12.7. The van der Waals surface area contributed by atoms with Gasteiger partial charge in [-0.05, 0) is 29.7 Å². The van der Waals surface area contributed by atoms with Crippen LogP contribution in [0, 0.1) is 10.1 Å². The number of non-ortho nitro benzene ring substituents is 1. The fourth-order valence-corrected chi connectivity index (χ4v) is 3.95. The minimum atomic E-state index is -4.47. The molecule has 0 aliphatic heterocycles. The summed E-state index contributed by atoms with van der Waals surface area (Å²) < 4.78 is 40.7. The Bertz CT molecular complexity index is 1260. The summed E-state index contributed by atoms with van der Waals surface area (Å²) in [4.78, 5) is 21.6. The molecule has 0 atom stereocenters. The summed E-state index contributed by atoms with van der Waals surface area (Å²) in [6, 6.07) is 8.81. The van der Waals surface area contributed by atoms with Crippen LogP contribution in [0.15, 0.2) is 56.6 Å². The fourth-order valence-electron chi connectivity index (χ4n) is 2.84. The van der Waals surface area contributed by atoms with Crippen LogP contribution in [-0.4, -0.2) is 20.5 Å². The number of hydrogen-bond donors (Lipinski definition) is 0. The van der Waals surface area contributed by atoms with Crippen LogP contribution >= 0.6 is 0 Å². The van der Waals surface area contributed by atoms with Crippen LogP contribution in [0.1, 0.15) is 25.3 Å². The standard InChI is InChI=1S/C19H17NO8S/c1-11(2)15-10-19(21)27-17-9-13(5-6-14(15)17)28-29(24,25)18-8-12(20(22)23)4-7-16(18)26-3/h4-11H,1-3H3. The Hall–Kier alpha value is -3.40. The molecule has 0 aliphatic carbocycles. The normalized spacial score (nSPS) is 11.6. The smallest absolute Gasteiger partial charge is 0.343 e. The highest BCUT2D eigenvalue weighted by Crippen LogP contribution is 2.32. The van der Waals surface area contributed by atoms with Crippen molar-refractivity contribution >= 4 is 26.8 Å². The van der Waals surface area contributed by atoms with Crippen LogP contribution in [0.3, 0.4) is 0 Å². The zero-order valence-corrected chi connectivity index (χ0v) is 16.6. The molecular formula is C19H17NO8S. The third-order valence-corrected chi connectivity index (χ3v) is 5.47. The minimum absolute atomic E-state index is 0.0474. The Labute approximate surface area is 165 Å². The van der Waals surface area contributed by atoms with E-state index in [0.29, 0.717) is 5.39 Å². The van der Waals surface area contributed by atoms with Gasteiger partial charge < -0.3 is 13.3 Å². The summed E-state index contributed by atoms with van der Waals surface area (Å²) in [5.41, 5.74) is -0.0773. The van der Waals surface area contributed by atoms with E-state index in [2.05, 4.69) is 0 Å². The van der Waals surface area contributed by atoms with Crippen LogP contribution in [-0.2, 0) is 10.1 Å². The van der Waals surface area contributed by atoms with E-state index in [9.17, 15) is 23.3 Å². The topological polar surface area (TPSA) is 126 Å². The summed E-state index contributed by atoms with van der Waals surface area (Å²) in [6.07, 6.45) is 0. The highest BCUT2D eigenvalue weighted by atomic mass is 32.2. The molecule has 29 heavy (non-hydrogen) atoms. The van der Waals surface area contributed by atoms with E-state index >= 15 is 0 Å². The van der Waals surface area contributed by atoms with Gasteiger partial charge in [-0.1, -0.05) is 13.8 Å². The molecule has 2 aromatic carbocycles. The predicted molar refractivity (Wildman–Crippen MR) is 104 cm³/mol. The summed E-state index contributed by atoms with van der Waals surface area (Å²) in [5, 5.41) is 11.6. The van der Waals surface area contributed by atoms with Gasteiger partial charge >= 0.3 is 15.7 Å². The van der Waals surface area contributed by atoms with E-state index in [4.69, 9.17) is 13.3 Å². The van der Waals surface area contributed by atoms with Crippen molar-refractivity contribution in [2.75, 3.05) is 7.11 Å². The molecule has 3 rings (SSSR count). The van der Waals surface area contributed by atoms with Crippen LogP contribution in [0.4, 0.5) is 5.69 Å². The van der Waals surface area contributed by atoms with Crippen molar-refractivity contribution in [2.24, 2.45) is 0 Å². The molecule has 0 N–H and O–H groups in total. The largest absolute Gasteiger partial charge is 0.495 e. The van der Waals surface area contributed by atoms with Crippen molar-refractivity contribution in [3.05, 3.63) is 68.6 Å². The number of fused-ring (bicyclic) bond motifs is 1. The van der Waals surface area contributed by atoms with Gasteiger partial charge in [-0.15, -0.1) is 0 Å². The number of methoxy groups -OCH3 is 1. The molecule has 0 saturated heterocycles. The predicted octanol–water partition coefficient (Wildman–Crippen LogP) is 3.60. The second kappa shape index (κ2) is 7.55. The van der Waals surface area contributed by atoms with Gasteiger partial charge in [0.1, 0.15) is 17.1 Å². The fraction of sp³-hybridized carbons (Fsp3) is 0.211. The second-order valence-electron chi connectivity index (χ2n) is 6.46. The van der Waals surface area contributed by atoms with E-state index in [1.807, 2.05) is 13.8 Å². The molecule has 10 heteroatoms. The van der Waals surface area contributed by atoms with Gasteiger partial charge in [0.25, 0.3) is 5.69 Å². The highest BCUT2D eigenvalue weighted by molar-refractivity contribution is 7.87. The molecule has 0 aliphatic rings. The molecule has 0 bridgehead atoms. The van der Waals surface area contributed by atoms with Crippen molar-refractivity contribution in [1.29, 1.82) is 0 Å². The minimum Gasteiger partial charge on any atom is -0.495 e. The lowest BCUT2D eigenvalue weighted by molar-refractivity contribution is -0.385. The number of nitro groups is 1. The first-order valence-corrected chi connectivity index (χ1v) is 9.88. The number of hydrogen-bond acceptors (Lipinski definition) is 8. The van der Waals surface area contributed by atoms with Gasteiger partial charge in [-0.3, -0.25) is 10.1 Å². The molecule has 0 unspecified atom stereocenters. The molecule has 0 saturated carbocycles. The first-order valence-electron chi connectivity index (χ1n) is 8.47. The Balaban J connectivity index is 2.07. The second-order valence-corrected chi connectivity index (χ2v) is 7.98. The first-order chi connectivity index (χ1) is 13.6. The molecule has 1 heterocycles. The van der Waals surface area contributed by atoms with Crippen molar-refractivity contribution < 1.29 is 26.7 Å². The molecular weight excluding hydrogens is 402 g/mol. The number of benzene rings is 2. The Morgan fingerprint density at radius 1 is 1.10 bits per heavy atom. The summed E-state index contributed by atoms with van der Waals surface area (Å²) >= 11 is 0. The maximum atomic E-state index is 12.7. The third kappa shape index (κ3) is 4.06. The van der Waals surface area contributed by atoms with E-state index < -0.39 is 31.2 Å². The van der Waals surface area contributed by atoms with Gasteiger partial charge in [-0.2, -0.15) is 8.42 Å². The molecule has 3 aromatic rings. The lowest BCUT2D eigenvalue weighted by atomic mass is 10.00. The molecule has 1 aromatic heterocycles. The zero-order valence-electron chi connectivity index (χ0n) is 15.7.